The Kier molecular flexibility index (Phi) is 5.94. The highest BCUT2D eigenvalue weighted by atomic mass is 16.5. The normalized spacial score (nSPS) is 17.8. The molecule has 4 rings (SSSR count). The maximum absolute atomic E-state index is 13.1. The van der Waals surface area contributed by atoms with Crippen LogP contribution >= 0.6 is 0 Å². The van der Waals surface area contributed by atoms with Crippen LogP contribution in [0.2, 0.25) is 0 Å². The largest absolute Gasteiger partial charge is 0.494 e. The molecule has 2 aromatic rings. The van der Waals surface area contributed by atoms with Gasteiger partial charge in [-0.05, 0) is 18.3 Å². The Hall–Kier alpha value is -2.59. The van der Waals surface area contributed by atoms with Crippen LogP contribution in [-0.4, -0.2) is 75.5 Å². The van der Waals surface area contributed by atoms with Gasteiger partial charge in [0.1, 0.15) is 5.65 Å². The number of nitrogens with one attached hydrogen (secondary N) is 2. The maximum atomic E-state index is 13.1. The van der Waals surface area contributed by atoms with Gasteiger partial charge in [0.2, 0.25) is 5.88 Å². The van der Waals surface area contributed by atoms with Crippen LogP contribution in [0, 0.1) is 5.41 Å². The van der Waals surface area contributed by atoms with E-state index in [2.05, 4.69) is 20.6 Å². The molecule has 170 valence electrons. The van der Waals surface area contributed by atoms with Crippen LogP contribution in [0.5, 0.6) is 5.88 Å². The minimum atomic E-state index is -0.614. The Labute approximate surface area is 181 Å². The molecular weight excluding hydrogens is 400 g/mol. The summed E-state index contributed by atoms with van der Waals surface area (Å²) in [6.45, 7) is 11.3. The monoisotopic (exact) mass is 432 g/mol. The predicted molar refractivity (Wildman–Crippen MR) is 117 cm³/mol. The van der Waals surface area contributed by atoms with E-state index in [-0.39, 0.29) is 22.9 Å². The summed E-state index contributed by atoms with van der Waals surface area (Å²) in [6.07, 6.45) is 1.79. The minimum absolute atomic E-state index is 0.0769. The Morgan fingerprint density at radius 2 is 2.00 bits per heavy atom. The summed E-state index contributed by atoms with van der Waals surface area (Å²) in [7, 11) is 0. The van der Waals surface area contributed by atoms with Crippen LogP contribution in [0.15, 0.2) is 10.9 Å². The maximum Gasteiger partial charge on any atom is 0.291 e. The predicted octanol–water partition coefficient (Wildman–Crippen LogP) is 0.884. The van der Waals surface area contributed by atoms with Crippen molar-refractivity contribution >= 4 is 17.4 Å². The molecule has 2 fully saturated rings. The first-order valence-corrected chi connectivity index (χ1v) is 10.9. The smallest absolute Gasteiger partial charge is 0.291 e. The van der Waals surface area contributed by atoms with Crippen molar-refractivity contribution in [2.24, 2.45) is 5.41 Å². The van der Waals surface area contributed by atoms with Gasteiger partial charge in [0.05, 0.1) is 13.2 Å². The topological polar surface area (TPSA) is 113 Å². The van der Waals surface area contributed by atoms with Crippen molar-refractivity contribution in [3.63, 3.8) is 0 Å². The summed E-state index contributed by atoms with van der Waals surface area (Å²) in [5, 5.41) is 21.4. The van der Waals surface area contributed by atoms with Crippen LogP contribution in [0.25, 0.3) is 5.65 Å². The Morgan fingerprint density at radius 3 is 2.65 bits per heavy atom. The lowest BCUT2D eigenvalue weighted by molar-refractivity contribution is 0.0398. The Bertz CT molecular complexity index is 1010. The summed E-state index contributed by atoms with van der Waals surface area (Å²) >= 11 is 0. The highest BCUT2D eigenvalue weighted by molar-refractivity contribution is 5.96. The highest BCUT2D eigenvalue weighted by Crippen LogP contribution is 2.26. The van der Waals surface area contributed by atoms with Crippen molar-refractivity contribution in [1.29, 1.82) is 0 Å². The Morgan fingerprint density at radius 1 is 1.29 bits per heavy atom. The van der Waals surface area contributed by atoms with Crippen LogP contribution < -0.4 is 16.2 Å². The van der Waals surface area contributed by atoms with E-state index in [0.29, 0.717) is 24.6 Å². The van der Waals surface area contributed by atoms with Crippen LogP contribution in [0.3, 0.4) is 0 Å². The van der Waals surface area contributed by atoms with Gasteiger partial charge in [0, 0.05) is 44.8 Å². The van der Waals surface area contributed by atoms with Crippen molar-refractivity contribution in [1.82, 2.24) is 24.4 Å². The van der Waals surface area contributed by atoms with E-state index in [1.807, 2.05) is 20.8 Å². The fraction of sp³-hybridized carbons (Fsp3) is 0.667. The molecule has 0 aromatic carbocycles. The van der Waals surface area contributed by atoms with Gasteiger partial charge in [-0.25, -0.2) is 0 Å². The number of carbonyl (C=O) groups excluding carboxylic acids is 1. The molecule has 3 N–H and O–H groups in total. The first-order chi connectivity index (χ1) is 14.7. The second-order valence-corrected chi connectivity index (χ2v) is 9.58. The SMILES string of the molecule is CC(C)(C)Cn1c(O)c(C(=O)NC2CC2)c(=O)n2nc(NCCN3CCOCC3)cc12. The molecule has 1 amide bonds. The van der Waals surface area contributed by atoms with Gasteiger partial charge in [0.15, 0.2) is 11.4 Å². The molecule has 1 saturated heterocycles. The number of aromatic nitrogens is 3. The number of morpholine rings is 1. The molecule has 0 atom stereocenters. The minimum Gasteiger partial charge on any atom is -0.494 e. The molecule has 10 heteroatoms. The summed E-state index contributed by atoms with van der Waals surface area (Å²) in [6, 6.07) is 1.82. The van der Waals surface area contributed by atoms with Gasteiger partial charge in [-0.3, -0.25) is 19.1 Å². The van der Waals surface area contributed by atoms with Crippen molar-refractivity contribution in [3.05, 3.63) is 22.0 Å². The number of hydrogen-bond donors (Lipinski definition) is 3. The number of nitrogens with zero attached hydrogens (tertiary/aromatic N) is 4. The third kappa shape index (κ3) is 5.01. The van der Waals surface area contributed by atoms with Crippen molar-refractivity contribution in [2.75, 3.05) is 44.7 Å². The van der Waals surface area contributed by atoms with E-state index in [1.54, 1.807) is 10.6 Å². The van der Waals surface area contributed by atoms with Gasteiger partial charge in [-0.2, -0.15) is 4.52 Å². The fourth-order valence-electron chi connectivity index (χ4n) is 3.73. The summed E-state index contributed by atoms with van der Waals surface area (Å²) in [5.41, 5.74) is -0.608. The van der Waals surface area contributed by atoms with Crippen LogP contribution in [0.1, 0.15) is 44.0 Å². The molecule has 1 aliphatic heterocycles. The van der Waals surface area contributed by atoms with E-state index in [9.17, 15) is 14.7 Å². The van der Waals surface area contributed by atoms with E-state index < -0.39 is 11.5 Å². The Balaban J connectivity index is 1.64. The number of hydrogen-bond acceptors (Lipinski definition) is 7. The van der Waals surface area contributed by atoms with Gasteiger partial charge in [-0.15, -0.1) is 5.10 Å². The average molecular weight is 433 g/mol. The molecule has 0 unspecified atom stereocenters. The fourth-order valence-corrected chi connectivity index (χ4v) is 3.73. The van der Waals surface area contributed by atoms with Gasteiger partial charge < -0.3 is 20.5 Å². The zero-order valence-corrected chi connectivity index (χ0v) is 18.5. The molecule has 1 aliphatic carbocycles. The number of fused-ring (bicyclic) bond motifs is 1. The van der Waals surface area contributed by atoms with Crippen LogP contribution in [-0.2, 0) is 11.3 Å². The number of anilines is 1. The molecule has 0 bridgehead atoms. The third-order valence-corrected chi connectivity index (χ3v) is 5.46. The van der Waals surface area contributed by atoms with Crippen molar-refractivity contribution in [3.8, 4) is 5.88 Å². The van der Waals surface area contributed by atoms with Gasteiger partial charge >= 0.3 is 0 Å². The number of amides is 1. The highest BCUT2D eigenvalue weighted by Gasteiger charge is 2.30. The molecule has 2 aliphatic rings. The molecule has 10 nitrogen and oxygen atoms in total. The number of carbonyl (C=O) groups is 1. The number of aromatic hydroxyl groups is 1. The molecule has 3 heterocycles. The lowest BCUT2D eigenvalue weighted by Crippen LogP contribution is -2.39. The standard InChI is InChI=1S/C21H32N6O4/c1-21(2,3)13-26-16-12-15(22-6-7-25-8-10-31-11-9-25)24-27(16)20(30)17(19(26)29)18(28)23-14-4-5-14/h12,14,29H,4-11,13H2,1-3H3,(H,22,24)(H,23,28). The summed E-state index contributed by atoms with van der Waals surface area (Å²) in [5.74, 6) is -0.329. The lowest BCUT2D eigenvalue weighted by Gasteiger charge is -2.26. The quantitative estimate of drug-likeness (QED) is 0.595. The summed E-state index contributed by atoms with van der Waals surface area (Å²) < 4.78 is 8.18. The van der Waals surface area contributed by atoms with Gasteiger partial charge in [-0.1, -0.05) is 20.8 Å². The van der Waals surface area contributed by atoms with Gasteiger partial charge in [0.25, 0.3) is 11.5 Å². The molecule has 1 saturated carbocycles. The number of ether oxygens (including phenoxy) is 1. The second-order valence-electron chi connectivity index (χ2n) is 9.58. The molecule has 0 spiro atoms. The van der Waals surface area contributed by atoms with Crippen molar-refractivity contribution < 1.29 is 14.6 Å². The first kappa shape index (κ1) is 21.6. The van der Waals surface area contributed by atoms with E-state index in [0.717, 1.165) is 45.7 Å². The van der Waals surface area contributed by atoms with E-state index in [4.69, 9.17) is 4.74 Å². The van der Waals surface area contributed by atoms with Crippen LogP contribution in [0.4, 0.5) is 5.82 Å². The zero-order chi connectivity index (χ0) is 22.2. The van der Waals surface area contributed by atoms with E-state index >= 15 is 0 Å². The zero-order valence-electron chi connectivity index (χ0n) is 18.5. The molecule has 31 heavy (non-hydrogen) atoms. The third-order valence-electron chi connectivity index (χ3n) is 5.46. The lowest BCUT2D eigenvalue weighted by atomic mass is 9.96. The summed E-state index contributed by atoms with van der Waals surface area (Å²) in [4.78, 5) is 28.1. The first-order valence-electron chi connectivity index (χ1n) is 10.9. The second kappa shape index (κ2) is 8.51. The van der Waals surface area contributed by atoms with Crippen molar-refractivity contribution in [2.45, 2.75) is 46.2 Å². The molecular formula is C21H32N6O4. The average Bonchev–Trinajstić information content (AvgIpc) is 3.41. The number of rotatable bonds is 7. The molecule has 0 radical (unpaired) electrons. The molecule has 2 aromatic heterocycles. The van der Waals surface area contributed by atoms with E-state index in [1.165, 1.54) is 4.52 Å².